The molecule has 7 heteroatoms. The predicted octanol–water partition coefficient (Wildman–Crippen LogP) is 2.98. The molecule has 0 bridgehead atoms. The Morgan fingerprint density at radius 3 is 2.54 bits per heavy atom. The molecule has 3 aromatic rings. The Bertz CT molecular complexity index is 995. The van der Waals surface area contributed by atoms with Gasteiger partial charge < -0.3 is 5.32 Å². The molecular weight excluding hydrogens is 350 g/mol. The van der Waals surface area contributed by atoms with Gasteiger partial charge in [-0.15, -0.1) is 0 Å². The molecule has 6 nitrogen and oxygen atoms in total. The highest BCUT2D eigenvalue weighted by Gasteiger charge is 2.13. The number of carbonyl (C=O) groups excluding carboxylic acids is 1. The number of anilines is 1. The maximum absolute atomic E-state index is 12.4. The van der Waals surface area contributed by atoms with E-state index in [1.807, 2.05) is 30.5 Å². The Morgan fingerprint density at radius 1 is 1.12 bits per heavy atom. The lowest BCUT2D eigenvalue weighted by Crippen LogP contribution is -2.13. The third kappa shape index (κ3) is 4.18. The van der Waals surface area contributed by atoms with Crippen LogP contribution in [0.15, 0.2) is 71.9 Å². The first-order chi connectivity index (χ1) is 12.5. The first-order valence-corrected chi connectivity index (χ1v) is 9.84. The molecule has 0 aliphatic heterocycles. The van der Waals surface area contributed by atoms with Gasteiger partial charge in [-0.25, -0.2) is 8.42 Å². The van der Waals surface area contributed by atoms with Crippen molar-refractivity contribution in [2.75, 3.05) is 11.1 Å². The zero-order valence-electron chi connectivity index (χ0n) is 14.3. The molecule has 26 heavy (non-hydrogen) atoms. The van der Waals surface area contributed by atoms with Crippen LogP contribution in [0.25, 0.3) is 0 Å². The van der Waals surface area contributed by atoms with Crippen LogP contribution in [0.2, 0.25) is 0 Å². The van der Waals surface area contributed by atoms with Crippen molar-refractivity contribution in [1.82, 2.24) is 9.78 Å². The second-order valence-corrected chi connectivity index (χ2v) is 8.06. The van der Waals surface area contributed by atoms with Crippen LogP contribution >= 0.6 is 0 Å². The SMILES string of the molecule is CCS(=O)(=O)c1ccc(C(=O)Nc2cccc(Cn3cccn3)c2)cc1. The van der Waals surface area contributed by atoms with Crippen molar-refractivity contribution >= 4 is 21.4 Å². The molecule has 0 saturated carbocycles. The van der Waals surface area contributed by atoms with Gasteiger partial charge in [-0.3, -0.25) is 9.48 Å². The molecule has 0 spiro atoms. The molecule has 1 N–H and O–H groups in total. The first kappa shape index (κ1) is 17.9. The third-order valence-electron chi connectivity index (χ3n) is 3.94. The topological polar surface area (TPSA) is 81.1 Å². The van der Waals surface area contributed by atoms with Crippen molar-refractivity contribution in [1.29, 1.82) is 0 Å². The number of nitrogens with zero attached hydrogens (tertiary/aromatic N) is 2. The van der Waals surface area contributed by atoms with Gasteiger partial charge in [-0.1, -0.05) is 19.1 Å². The highest BCUT2D eigenvalue weighted by atomic mass is 32.2. The molecule has 0 aliphatic rings. The lowest BCUT2D eigenvalue weighted by atomic mass is 10.1. The summed E-state index contributed by atoms with van der Waals surface area (Å²) in [6, 6.07) is 15.3. The summed E-state index contributed by atoms with van der Waals surface area (Å²) >= 11 is 0. The molecule has 0 atom stereocenters. The number of aromatic nitrogens is 2. The number of hydrogen-bond donors (Lipinski definition) is 1. The van der Waals surface area contributed by atoms with Crippen LogP contribution < -0.4 is 5.32 Å². The second-order valence-electron chi connectivity index (χ2n) is 5.79. The number of amides is 1. The summed E-state index contributed by atoms with van der Waals surface area (Å²) < 4.78 is 25.5. The molecule has 2 aromatic carbocycles. The number of sulfone groups is 1. The van der Waals surface area contributed by atoms with E-state index < -0.39 is 9.84 Å². The molecule has 0 unspecified atom stereocenters. The highest BCUT2D eigenvalue weighted by Crippen LogP contribution is 2.16. The van der Waals surface area contributed by atoms with E-state index in [1.54, 1.807) is 23.9 Å². The van der Waals surface area contributed by atoms with Crippen LogP contribution in [0, 0.1) is 0 Å². The van der Waals surface area contributed by atoms with E-state index in [0.29, 0.717) is 17.8 Å². The van der Waals surface area contributed by atoms with Crippen LogP contribution in [0.1, 0.15) is 22.8 Å². The van der Waals surface area contributed by atoms with Gasteiger partial charge in [0.15, 0.2) is 9.84 Å². The van der Waals surface area contributed by atoms with Crippen molar-refractivity contribution in [2.24, 2.45) is 0 Å². The van der Waals surface area contributed by atoms with E-state index in [-0.39, 0.29) is 16.6 Å². The van der Waals surface area contributed by atoms with Crippen LogP contribution in [0.4, 0.5) is 5.69 Å². The normalized spacial score (nSPS) is 11.3. The maximum Gasteiger partial charge on any atom is 0.255 e. The summed E-state index contributed by atoms with van der Waals surface area (Å²) in [6.45, 7) is 2.20. The van der Waals surface area contributed by atoms with Gasteiger partial charge >= 0.3 is 0 Å². The fourth-order valence-electron chi connectivity index (χ4n) is 2.51. The van der Waals surface area contributed by atoms with Crippen LogP contribution in [0.5, 0.6) is 0 Å². The Kier molecular flexibility index (Phi) is 5.18. The number of benzene rings is 2. The Labute approximate surface area is 152 Å². The monoisotopic (exact) mass is 369 g/mol. The van der Waals surface area contributed by atoms with Gasteiger partial charge in [0, 0.05) is 23.6 Å². The van der Waals surface area contributed by atoms with Crippen LogP contribution in [-0.2, 0) is 16.4 Å². The average Bonchev–Trinajstić information content (AvgIpc) is 3.15. The number of hydrogen-bond acceptors (Lipinski definition) is 4. The lowest BCUT2D eigenvalue weighted by molar-refractivity contribution is 0.102. The van der Waals surface area contributed by atoms with E-state index in [2.05, 4.69) is 10.4 Å². The summed E-state index contributed by atoms with van der Waals surface area (Å²) in [7, 11) is -3.27. The molecule has 3 rings (SSSR count). The summed E-state index contributed by atoms with van der Waals surface area (Å²) in [5.74, 6) is -0.261. The molecule has 0 fully saturated rings. The van der Waals surface area contributed by atoms with Gasteiger partial charge in [-0.2, -0.15) is 5.10 Å². The van der Waals surface area contributed by atoms with E-state index >= 15 is 0 Å². The molecule has 1 heterocycles. The lowest BCUT2D eigenvalue weighted by Gasteiger charge is -2.08. The van der Waals surface area contributed by atoms with Crippen molar-refractivity contribution in [3.63, 3.8) is 0 Å². The van der Waals surface area contributed by atoms with Gasteiger partial charge in [0.2, 0.25) is 0 Å². The largest absolute Gasteiger partial charge is 0.322 e. The van der Waals surface area contributed by atoms with Crippen molar-refractivity contribution in [3.05, 3.63) is 78.1 Å². The van der Waals surface area contributed by atoms with E-state index in [4.69, 9.17) is 0 Å². The molecule has 1 amide bonds. The van der Waals surface area contributed by atoms with Crippen LogP contribution in [0.3, 0.4) is 0 Å². The number of nitrogens with one attached hydrogen (secondary N) is 1. The van der Waals surface area contributed by atoms with E-state index in [1.165, 1.54) is 24.3 Å². The first-order valence-electron chi connectivity index (χ1n) is 8.18. The number of carbonyl (C=O) groups is 1. The van der Waals surface area contributed by atoms with Gasteiger partial charge in [-0.05, 0) is 48.0 Å². The van der Waals surface area contributed by atoms with Crippen molar-refractivity contribution in [3.8, 4) is 0 Å². The minimum absolute atomic E-state index is 0.0294. The van der Waals surface area contributed by atoms with Gasteiger partial charge in [0.1, 0.15) is 0 Å². The molecule has 0 saturated heterocycles. The van der Waals surface area contributed by atoms with Gasteiger partial charge in [0.25, 0.3) is 5.91 Å². The van der Waals surface area contributed by atoms with E-state index in [9.17, 15) is 13.2 Å². The number of rotatable bonds is 6. The Morgan fingerprint density at radius 2 is 1.88 bits per heavy atom. The van der Waals surface area contributed by atoms with Gasteiger partial charge in [0.05, 0.1) is 17.2 Å². The standard InChI is InChI=1S/C19H19N3O3S/c1-2-26(24,25)18-9-7-16(8-10-18)19(23)21-17-6-3-5-15(13-17)14-22-12-4-11-20-22/h3-13H,2,14H2,1H3,(H,21,23). The minimum atomic E-state index is -3.27. The summed E-state index contributed by atoms with van der Waals surface area (Å²) in [6.07, 6.45) is 3.59. The third-order valence-corrected chi connectivity index (χ3v) is 5.69. The molecular formula is C19H19N3O3S. The predicted molar refractivity (Wildman–Crippen MR) is 99.9 cm³/mol. The average molecular weight is 369 g/mol. The fourth-order valence-corrected chi connectivity index (χ4v) is 3.40. The van der Waals surface area contributed by atoms with Crippen molar-refractivity contribution in [2.45, 2.75) is 18.4 Å². The quantitative estimate of drug-likeness (QED) is 0.724. The molecule has 134 valence electrons. The summed E-state index contributed by atoms with van der Waals surface area (Å²) in [5.41, 5.74) is 2.08. The van der Waals surface area contributed by atoms with Crippen LogP contribution in [-0.4, -0.2) is 29.9 Å². The molecule has 0 radical (unpaired) electrons. The zero-order chi connectivity index (χ0) is 18.6. The highest BCUT2D eigenvalue weighted by molar-refractivity contribution is 7.91. The smallest absolute Gasteiger partial charge is 0.255 e. The Hall–Kier alpha value is -2.93. The maximum atomic E-state index is 12.4. The summed E-state index contributed by atoms with van der Waals surface area (Å²) in [4.78, 5) is 12.6. The minimum Gasteiger partial charge on any atom is -0.322 e. The zero-order valence-corrected chi connectivity index (χ0v) is 15.1. The Balaban J connectivity index is 1.72. The second kappa shape index (κ2) is 7.53. The van der Waals surface area contributed by atoms with E-state index in [0.717, 1.165) is 5.56 Å². The summed E-state index contributed by atoms with van der Waals surface area (Å²) in [5, 5.41) is 7.00. The fraction of sp³-hybridized carbons (Fsp3) is 0.158. The molecule has 0 aliphatic carbocycles. The molecule has 1 aromatic heterocycles. The van der Waals surface area contributed by atoms with Crippen molar-refractivity contribution < 1.29 is 13.2 Å².